The molecule has 0 aromatic rings. The molecule has 2 heteroatoms. The third kappa shape index (κ3) is 5.98. The summed E-state index contributed by atoms with van der Waals surface area (Å²) in [6.45, 7) is 11.6. The Balaban J connectivity index is 0. The lowest BCUT2D eigenvalue weighted by molar-refractivity contribution is 0.186. The Bertz CT molecular complexity index is 130. The monoisotopic (exact) mass is 171 g/mol. The van der Waals surface area contributed by atoms with Crippen LogP contribution in [0.25, 0.3) is 0 Å². The zero-order chi connectivity index (χ0) is 9.98. The molecule has 2 nitrogen and oxygen atoms in total. The molecule has 1 atom stereocenters. The van der Waals surface area contributed by atoms with Crippen molar-refractivity contribution in [3.63, 3.8) is 0 Å². The molecule has 0 aliphatic rings. The van der Waals surface area contributed by atoms with Crippen LogP contribution in [0, 0.1) is 5.92 Å². The summed E-state index contributed by atoms with van der Waals surface area (Å²) in [6.07, 6.45) is 4.44. The molecule has 0 aliphatic heterocycles. The Morgan fingerprint density at radius 2 is 2.08 bits per heavy atom. The highest BCUT2D eigenvalue weighted by atomic mass is 16.5. The Morgan fingerprint density at radius 1 is 1.58 bits per heavy atom. The van der Waals surface area contributed by atoms with Crippen LogP contribution in [0.2, 0.25) is 0 Å². The second-order valence-corrected chi connectivity index (χ2v) is 2.28. The second kappa shape index (κ2) is 10.2. The van der Waals surface area contributed by atoms with Gasteiger partial charge in [0.05, 0.1) is 0 Å². The van der Waals surface area contributed by atoms with Gasteiger partial charge in [-0.3, -0.25) is 10.7 Å². The molecule has 0 saturated heterocycles. The Labute approximate surface area is 75.9 Å². The van der Waals surface area contributed by atoms with Crippen molar-refractivity contribution in [2.75, 3.05) is 0 Å². The van der Waals surface area contributed by atoms with Crippen LogP contribution in [-0.2, 0) is 0 Å². The maximum Gasteiger partial charge on any atom is 0.0404 e. The lowest BCUT2D eigenvalue weighted by Gasteiger charge is -2.10. The maximum atomic E-state index is 8.59. The number of hydrogen-bond acceptors (Lipinski definition) is 2. The van der Waals surface area contributed by atoms with E-state index in [1.807, 2.05) is 20.8 Å². The molecular weight excluding hydrogens is 150 g/mol. The lowest BCUT2D eigenvalue weighted by atomic mass is 10.1. The molecule has 1 unspecified atom stereocenters. The lowest BCUT2D eigenvalue weighted by Crippen LogP contribution is -2.13. The molecule has 0 heterocycles. The van der Waals surface area contributed by atoms with Crippen LogP contribution in [0.15, 0.2) is 24.4 Å². The van der Waals surface area contributed by atoms with E-state index < -0.39 is 0 Å². The minimum atomic E-state index is 0.364. The second-order valence-electron chi connectivity index (χ2n) is 2.28. The first kappa shape index (κ1) is 13.8. The summed E-state index contributed by atoms with van der Waals surface area (Å²) in [5, 5.41) is 8.59. The van der Waals surface area contributed by atoms with Gasteiger partial charge >= 0.3 is 0 Å². The van der Waals surface area contributed by atoms with Crippen LogP contribution in [0.3, 0.4) is 0 Å². The highest BCUT2D eigenvalue weighted by molar-refractivity contribution is 5.09. The topological polar surface area (TPSA) is 32.3 Å². The molecule has 0 aromatic heterocycles. The van der Waals surface area contributed by atoms with Crippen molar-refractivity contribution in [3.05, 3.63) is 24.4 Å². The van der Waals surface area contributed by atoms with Gasteiger partial charge in [-0.05, 0) is 18.4 Å². The summed E-state index contributed by atoms with van der Waals surface area (Å²) in [6, 6.07) is 0. The van der Waals surface area contributed by atoms with E-state index in [2.05, 4.69) is 19.0 Å². The quantitative estimate of drug-likeness (QED) is 0.503. The van der Waals surface area contributed by atoms with Gasteiger partial charge in [0.15, 0.2) is 0 Å². The molecule has 0 saturated carbocycles. The number of allylic oxidation sites excluding steroid dienone is 3. The van der Waals surface area contributed by atoms with Crippen molar-refractivity contribution in [2.24, 2.45) is 5.92 Å². The van der Waals surface area contributed by atoms with Crippen LogP contribution in [-0.4, -0.2) is 5.21 Å². The van der Waals surface area contributed by atoms with Crippen LogP contribution >= 0.6 is 0 Å². The van der Waals surface area contributed by atoms with E-state index in [1.165, 1.54) is 0 Å². The molecule has 0 aromatic carbocycles. The van der Waals surface area contributed by atoms with Crippen molar-refractivity contribution in [2.45, 2.75) is 34.1 Å². The summed E-state index contributed by atoms with van der Waals surface area (Å²) in [7, 11) is 0. The third-order valence-electron chi connectivity index (χ3n) is 1.57. The largest absolute Gasteiger partial charge is 0.291 e. The predicted octanol–water partition coefficient (Wildman–Crippen LogP) is 3.11. The Hall–Kier alpha value is -0.760. The molecule has 2 N–H and O–H groups in total. The van der Waals surface area contributed by atoms with Crippen LogP contribution in [0.4, 0.5) is 0 Å². The minimum absolute atomic E-state index is 0.364. The van der Waals surface area contributed by atoms with E-state index in [-0.39, 0.29) is 0 Å². The van der Waals surface area contributed by atoms with Gasteiger partial charge < -0.3 is 0 Å². The van der Waals surface area contributed by atoms with Crippen molar-refractivity contribution < 1.29 is 5.21 Å². The van der Waals surface area contributed by atoms with E-state index in [1.54, 1.807) is 12.2 Å². The molecule has 0 aliphatic carbocycles. The van der Waals surface area contributed by atoms with Crippen molar-refractivity contribution in [1.82, 2.24) is 5.48 Å². The summed E-state index contributed by atoms with van der Waals surface area (Å²) < 4.78 is 0. The van der Waals surface area contributed by atoms with Gasteiger partial charge in [-0.25, -0.2) is 0 Å². The fourth-order valence-corrected chi connectivity index (χ4v) is 0.659. The fourth-order valence-electron chi connectivity index (χ4n) is 0.659. The van der Waals surface area contributed by atoms with Crippen LogP contribution in [0.5, 0.6) is 0 Å². The summed E-state index contributed by atoms with van der Waals surface area (Å²) in [5.74, 6) is 0.364. The van der Waals surface area contributed by atoms with Crippen LogP contribution < -0.4 is 5.48 Å². The fraction of sp³-hybridized carbons (Fsp3) is 0.600. The van der Waals surface area contributed by atoms with E-state index in [0.29, 0.717) is 5.92 Å². The first-order chi connectivity index (χ1) is 5.76. The number of nitrogens with one attached hydrogen (secondary N) is 1. The average molecular weight is 171 g/mol. The first-order valence-corrected chi connectivity index (χ1v) is 4.49. The Morgan fingerprint density at radius 3 is 2.33 bits per heavy atom. The van der Waals surface area contributed by atoms with Crippen molar-refractivity contribution in [1.29, 1.82) is 0 Å². The standard InChI is InChI=1S/C8H15NO.C2H6/c1-4-6-8(9-10)7(3)5-2;1-2/h4,6-7,9-10H,1,5H2,2-3H3;1-2H3/b8-6+;. The van der Waals surface area contributed by atoms with Crippen molar-refractivity contribution >= 4 is 0 Å². The number of hydroxylamine groups is 1. The van der Waals surface area contributed by atoms with Gasteiger partial charge in [0.25, 0.3) is 0 Å². The molecule has 0 bridgehead atoms. The molecular formula is C10H21NO. The molecule has 0 fully saturated rings. The summed E-state index contributed by atoms with van der Waals surface area (Å²) >= 11 is 0. The van der Waals surface area contributed by atoms with Gasteiger partial charge in [-0.2, -0.15) is 0 Å². The average Bonchev–Trinajstić information content (AvgIpc) is 2.16. The SMILES string of the molecule is C=C/C=C(/NO)C(C)CC.CC. The van der Waals surface area contributed by atoms with Gasteiger partial charge in [0, 0.05) is 5.70 Å². The molecule has 12 heavy (non-hydrogen) atoms. The van der Waals surface area contributed by atoms with Crippen LogP contribution in [0.1, 0.15) is 34.1 Å². The summed E-state index contributed by atoms with van der Waals surface area (Å²) in [5.41, 5.74) is 2.96. The maximum absolute atomic E-state index is 8.59. The smallest absolute Gasteiger partial charge is 0.0404 e. The molecule has 0 amide bonds. The predicted molar refractivity (Wildman–Crippen MR) is 54.0 cm³/mol. The molecule has 0 radical (unpaired) electrons. The summed E-state index contributed by atoms with van der Waals surface area (Å²) in [4.78, 5) is 0. The zero-order valence-electron chi connectivity index (χ0n) is 8.59. The van der Waals surface area contributed by atoms with E-state index in [0.717, 1.165) is 12.1 Å². The van der Waals surface area contributed by atoms with E-state index in [9.17, 15) is 0 Å². The van der Waals surface area contributed by atoms with Crippen molar-refractivity contribution in [3.8, 4) is 0 Å². The molecule has 72 valence electrons. The number of hydrogen-bond donors (Lipinski definition) is 2. The minimum Gasteiger partial charge on any atom is -0.291 e. The first-order valence-electron chi connectivity index (χ1n) is 4.49. The van der Waals surface area contributed by atoms with Gasteiger partial charge in [0.1, 0.15) is 0 Å². The van der Waals surface area contributed by atoms with Gasteiger partial charge in [-0.1, -0.05) is 40.3 Å². The highest BCUT2D eigenvalue weighted by Gasteiger charge is 2.02. The normalized spacial score (nSPS) is 12.6. The zero-order valence-corrected chi connectivity index (χ0v) is 8.59. The Kier molecular flexibility index (Phi) is 11.8. The van der Waals surface area contributed by atoms with Gasteiger partial charge in [0.2, 0.25) is 0 Å². The number of rotatable bonds is 4. The molecule has 0 spiro atoms. The third-order valence-corrected chi connectivity index (χ3v) is 1.57. The van der Waals surface area contributed by atoms with Gasteiger partial charge in [-0.15, -0.1) is 0 Å². The van der Waals surface area contributed by atoms with E-state index >= 15 is 0 Å². The van der Waals surface area contributed by atoms with E-state index in [4.69, 9.17) is 5.21 Å². The molecule has 0 rings (SSSR count). The highest BCUT2D eigenvalue weighted by Crippen LogP contribution is 2.09.